The molecular formula is C14H19FO2S. The van der Waals surface area contributed by atoms with Gasteiger partial charge in [0.15, 0.2) is 0 Å². The first-order valence-corrected chi connectivity index (χ1v) is 7.40. The standard InChI is InChI=1S/C14H19FO2S/c15-13-5-1-3-12(7-13)4-2-6-18-11-14(8-16)9-17-10-14/h1,3,5,7,16H,2,4,6,8-11H2. The molecule has 4 heteroatoms. The van der Waals surface area contributed by atoms with E-state index in [-0.39, 0.29) is 17.8 Å². The van der Waals surface area contributed by atoms with E-state index >= 15 is 0 Å². The number of hydrogen-bond acceptors (Lipinski definition) is 3. The molecule has 2 rings (SSSR count). The highest BCUT2D eigenvalue weighted by Gasteiger charge is 2.37. The predicted molar refractivity (Wildman–Crippen MR) is 72.4 cm³/mol. The van der Waals surface area contributed by atoms with Crippen LogP contribution in [0.25, 0.3) is 0 Å². The number of benzene rings is 1. The van der Waals surface area contributed by atoms with Gasteiger partial charge in [-0.05, 0) is 36.3 Å². The van der Waals surface area contributed by atoms with Crippen molar-refractivity contribution in [3.8, 4) is 0 Å². The van der Waals surface area contributed by atoms with E-state index in [2.05, 4.69) is 0 Å². The Morgan fingerprint density at radius 2 is 2.22 bits per heavy atom. The maximum atomic E-state index is 13.0. The van der Waals surface area contributed by atoms with Crippen LogP contribution < -0.4 is 0 Å². The van der Waals surface area contributed by atoms with Crippen molar-refractivity contribution < 1.29 is 14.2 Å². The summed E-state index contributed by atoms with van der Waals surface area (Å²) in [4.78, 5) is 0. The highest BCUT2D eigenvalue weighted by molar-refractivity contribution is 7.99. The molecule has 0 radical (unpaired) electrons. The summed E-state index contributed by atoms with van der Waals surface area (Å²) in [6, 6.07) is 6.78. The number of halogens is 1. The quantitative estimate of drug-likeness (QED) is 0.772. The van der Waals surface area contributed by atoms with E-state index in [1.807, 2.05) is 17.8 Å². The fraction of sp³-hybridized carbons (Fsp3) is 0.571. The topological polar surface area (TPSA) is 29.5 Å². The van der Waals surface area contributed by atoms with Gasteiger partial charge in [0.2, 0.25) is 0 Å². The van der Waals surface area contributed by atoms with Crippen molar-refractivity contribution in [1.29, 1.82) is 0 Å². The number of aliphatic hydroxyl groups is 1. The summed E-state index contributed by atoms with van der Waals surface area (Å²) in [7, 11) is 0. The molecule has 18 heavy (non-hydrogen) atoms. The second-order valence-electron chi connectivity index (χ2n) is 4.94. The Labute approximate surface area is 112 Å². The minimum Gasteiger partial charge on any atom is -0.396 e. The smallest absolute Gasteiger partial charge is 0.123 e. The first-order valence-electron chi connectivity index (χ1n) is 6.25. The average Bonchev–Trinajstić information content (AvgIpc) is 2.32. The summed E-state index contributed by atoms with van der Waals surface area (Å²) in [6.07, 6.45) is 1.95. The molecule has 1 fully saturated rings. The lowest BCUT2D eigenvalue weighted by Crippen LogP contribution is -2.47. The fourth-order valence-corrected chi connectivity index (χ4v) is 3.15. The van der Waals surface area contributed by atoms with Crippen LogP contribution in [-0.4, -0.2) is 36.4 Å². The number of aliphatic hydroxyl groups excluding tert-OH is 1. The Balaban J connectivity index is 1.61. The van der Waals surface area contributed by atoms with Gasteiger partial charge in [-0.15, -0.1) is 0 Å². The van der Waals surface area contributed by atoms with Crippen LogP contribution in [0.15, 0.2) is 24.3 Å². The molecule has 1 aliphatic rings. The van der Waals surface area contributed by atoms with Crippen molar-refractivity contribution in [2.24, 2.45) is 5.41 Å². The van der Waals surface area contributed by atoms with Gasteiger partial charge in [-0.3, -0.25) is 0 Å². The van der Waals surface area contributed by atoms with Crippen molar-refractivity contribution in [2.45, 2.75) is 12.8 Å². The lowest BCUT2D eigenvalue weighted by Gasteiger charge is -2.39. The first-order chi connectivity index (χ1) is 8.74. The number of aryl methyl sites for hydroxylation is 1. The fourth-order valence-electron chi connectivity index (χ4n) is 1.97. The predicted octanol–water partition coefficient (Wildman–Crippen LogP) is 2.50. The summed E-state index contributed by atoms with van der Waals surface area (Å²) in [5.74, 6) is 1.83. The zero-order valence-corrected chi connectivity index (χ0v) is 11.2. The monoisotopic (exact) mass is 270 g/mol. The zero-order valence-electron chi connectivity index (χ0n) is 10.4. The molecule has 0 unspecified atom stereocenters. The van der Waals surface area contributed by atoms with E-state index in [1.165, 1.54) is 6.07 Å². The molecular weight excluding hydrogens is 251 g/mol. The van der Waals surface area contributed by atoms with Crippen molar-refractivity contribution in [3.05, 3.63) is 35.6 Å². The van der Waals surface area contributed by atoms with Crippen LogP contribution in [0, 0.1) is 11.2 Å². The van der Waals surface area contributed by atoms with E-state index in [0.717, 1.165) is 29.9 Å². The minimum absolute atomic E-state index is 0.00349. The second kappa shape index (κ2) is 6.55. The summed E-state index contributed by atoms with van der Waals surface area (Å²) >= 11 is 1.85. The van der Waals surface area contributed by atoms with Gasteiger partial charge in [0.05, 0.1) is 19.8 Å². The van der Waals surface area contributed by atoms with Gasteiger partial charge < -0.3 is 9.84 Å². The van der Waals surface area contributed by atoms with Crippen molar-refractivity contribution in [3.63, 3.8) is 0 Å². The van der Waals surface area contributed by atoms with Crippen molar-refractivity contribution in [1.82, 2.24) is 0 Å². The Bertz CT molecular complexity index is 374. The van der Waals surface area contributed by atoms with Gasteiger partial charge in [0.1, 0.15) is 5.82 Å². The molecule has 0 aliphatic carbocycles. The van der Waals surface area contributed by atoms with E-state index in [4.69, 9.17) is 4.74 Å². The molecule has 0 amide bonds. The van der Waals surface area contributed by atoms with Gasteiger partial charge in [-0.2, -0.15) is 11.8 Å². The van der Waals surface area contributed by atoms with Crippen molar-refractivity contribution >= 4 is 11.8 Å². The molecule has 1 N–H and O–H groups in total. The lowest BCUT2D eigenvalue weighted by atomic mass is 9.90. The number of ether oxygens (including phenoxy) is 1. The zero-order chi connectivity index (χ0) is 12.8. The van der Waals surface area contributed by atoms with E-state index in [1.54, 1.807) is 12.1 Å². The SMILES string of the molecule is OCC1(CSCCCc2cccc(F)c2)COC1. The molecule has 1 aromatic carbocycles. The Morgan fingerprint density at radius 3 is 2.83 bits per heavy atom. The summed E-state index contributed by atoms with van der Waals surface area (Å²) in [5.41, 5.74) is 1.06. The van der Waals surface area contributed by atoms with Crippen LogP contribution in [0.2, 0.25) is 0 Å². The van der Waals surface area contributed by atoms with Crippen LogP contribution in [0.4, 0.5) is 4.39 Å². The highest BCUT2D eigenvalue weighted by Crippen LogP contribution is 2.31. The Hall–Kier alpha value is -0.580. The van der Waals surface area contributed by atoms with Crippen LogP contribution in [0.3, 0.4) is 0 Å². The number of hydrogen-bond donors (Lipinski definition) is 1. The molecule has 0 spiro atoms. The van der Waals surface area contributed by atoms with Crippen LogP contribution in [0.5, 0.6) is 0 Å². The molecule has 0 atom stereocenters. The Kier molecular flexibility index (Phi) is 5.03. The summed E-state index contributed by atoms with van der Waals surface area (Å²) in [5, 5.41) is 9.27. The molecule has 2 nitrogen and oxygen atoms in total. The van der Waals surface area contributed by atoms with E-state index < -0.39 is 0 Å². The third-order valence-electron chi connectivity index (χ3n) is 3.20. The number of thioether (sulfide) groups is 1. The maximum absolute atomic E-state index is 13.0. The molecule has 1 aliphatic heterocycles. The van der Waals surface area contributed by atoms with E-state index in [9.17, 15) is 9.50 Å². The lowest BCUT2D eigenvalue weighted by molar-refractivity contribution is -0.121. The average molecular weight is 270 g/mol. The molecule has 0 saturated carbocycles. The first kappa shape index (κ1) is 13.8. The van der Waals surface area contributed by atoms with Gasteiger partial charge >= 0.3 is 0 Å². The minimum atomic E-state index is -0.161. The second-order valence-corrected chi connectivity index (χ2v) is 6.04. The maximum Gasteiger partial charge on any atom is 0.123 e. The molecule has 1 heterocycles. The highest BCUT2D eigenvalue weighted by atomic mass is 32.2. The van der Waals surface area contributed by atoms with E-state index in [0.29, 0.717) is 13.2 Å². The van der Waals surface area contributed by atoms with Gasteiger partial charge in [0.25, 0.3) is 0 Å². The molecule has 1 saturated heterocycles. The molecule has 100 valence electrons. The molecule has 1 aromatic rings. The third kappa shape index (κ3) is 3.70. The van der Waals surface area contributed by atoms with Gasteiger partial charge in [0, 0.05) is 11.2 Å². The van der Waals surface area contributed by atoms with Crippen LogP contribution in [0.1, 0.15) is 12.0 Å². The molecule has 0 aromatic heterocycles. The largest absolute Gasteiger partial charge is 0.396 e. The summed E-state index contributed by atoms with van der Waals surface area (Å²) < 4.78 is 18.1. The van der Waals surface area contributed by atoms with Gasteiger partial charge in [-0.25, -0.2) is 4.39 Å². The van der Waals surface area contributed by atoms with Gasteiger partial charge in [-0.1, -0.05) is 12.1 Å². The van der Waals surface area contributed by atoms with Crippen LogP contribution >= 0.6 is 11.8 Å². The number of rotatable bonds is 7. The summed E-state index contributed by atoms with van der Waals surface area (Å²) in [6.45, 7) is 1.57. The van der Waals surface area contributed by atoms with Crippen molar-refractivity contribution in [2.75, 3.05) is 31.3 Å². The normalized spacial score (nSPS) is 17.4. The van der Waals surface area contributed by atoms with Crippen LogP contribution in [-0.2, 0) is 11.2 Å². The third-order valence-corrected chi connectivity index (χ3v) is 4.60. The Morgan fingerprint density at radius 1 is 1.39 bits per heavy atom. The molecule has 0 bridgehead atoms.